The number of carbonyl (C=O) groups is 1. The summed E-state index contributed by atoms with van der Waals surface area (Å²) in [6.45, 7) is 2.15. The number of unbranched alkanes of at least 4 members (excludes halogenated alkanes) is 4. The molecular formula is C10H20O3. The predicted octanol–water partition coefficient (Wildman–Crippen LogP) is 2.18. The summed E-state index contributed by atoms with van der Waals surface area (Å²) in [6.07, 6.45) is 5.52. The van der Waals surface area contributed by atoms with E-state index in [1.165, 1.54) is 19.3 Å². The van der Waals surface area contributed by atoms with E-state index < -0.39 is 12.1 Å². The minimum absolute atomic E-state index is 0.117. The van der Waals surface area contributed by atoms with Crippen LogP contribution in [0.3, 0.4) is 0 Å². The van der Waals surface area contributed by atoms with Crippen molar-refractivity contribution in [1.29, 1.82) is 0 Å². The lowest BCUT2D eigenvalue weighted by Gasteiger charge is -2.06. The molecule has 0 aromatic carbocycles. The van der Waals surface area contributed by atoms with Crippen LogP contribution in [0.2, 0.25) is 0 Å². The van der Waals surface area contributed by atoms with Crippen molar-refractivity contribution in [3.8, 4) is 0 Å². The van der Waals surface area contributed by atoms with Gasteiger partial charge in [-0.3, -0.25) is 4.79 Å². The molecule has 3 nitrogen and oxygen atoms in total. The van der Waals surface area contributed by atoms with Crippen molar-refractivity contribution in [3.63, 3.8) is 0 Å². The Morgan fingerprint density at radius 2 is 1.85 bits per heavy atom. The van der Waals surface area contributed by atoms with Crippen LogP contribution < -0.4 is 0 Å². The van der Waals surface area contributed by atoms with E-state index >= 15 is 0 Å². The number of hydrogen-bond acceptors (Lipinski definition) is 2. The van der Waals surface area contributed by atoms with Gasteiger partial charge in [-0.15, -0.1) is 0 Å². The highest BCUT2D eigenvalue weighted by Crippen LogP contribution is 2.08. The molecule has 3 heteroatoms. The van der Waals surface area contributed by atoms with Crippen molar-refractivity contribution < 1.29 is 15.0 Å². The van der Waals surface area contributed by atoms with Crippen molar-refractivity contribution in [1.82, 2.24) is 0 Å². The molecule has 0 bridgehead atoms. The first-order valence-electron chi connectivity index (χ1n) is 5.06. The summed E-state index contributed by atoms with van der Waals surface area (Å²) in [7, 11) is 0. The van der Waals surface area contributed by atoms with Crippen LogP contribution in [0.4, 0.5) is 0 Å². The molecule has 0 aliphatic carbocycles. The Bertz CT molecular complexity index is 134. The third-order valence-electron chi connectivity index (χ3n) is 2.05. The molecule has 0 unspecified atom stereocenters. The standard InChI is InChI=1S/C10H20O3/c1-2-3-4-5-6-7-9(11)8-10(12)13/h9,11H,2-8H2,1H3,(H,12,13)/t9-/m1/s1. The maximum absolute atomic E-state index is 10.2. The Labute approximate surface area is 79.8 Å². The Hall–Kier alpha value is -0.570. The summed E-state index contributed by atoms with van der Waals surface area (Å²) < 4.78 is 0. The molecule has 0 heterocycles. The Morgan fingerprint density at radius 3 is 2.38 bits per heavy atom. The molecule has 78 valence electrons. The van der Waals surface area contributed by atoms with Crippen LogP contribution >= 0.6 is 0 Å². The van der Waals surface area contributed by atoms with E-state index in [0.29, 0.717) is 6.42 Å². The fourth-order valence-electron chi connectivity index (χ4n) is 1.29. The molecule has 0 radical (unpaired) electrons. The van der Waals surface area contributed by atoms with Gasteiger partial charge >= 0.3 is 5.97 Å². The van der Waals surface area contributed by atoms with Gasteiger partial charge < -0.3 is 10.2 Å². The molecule has 13 heavy (non-hydrogen) atoms. The Balaban J connectivity index is 3.17. The fraction of sp³-hybridized carbons (Fsp3) is 0.900. The van der Waals surface area contributed by atoms with Crippen molar-refractivity contribution in [2.45, 2.75) is 58.0 Å². The number of carboxylic acid groups (broad SMARTS) is 1. The first kappa shape index (κ1) is 12.4. The van der Waals surface area contributed by atoms with Crippen LogP contribution in [-0.4, -0.2) is 22.3 Å². The van der Waals surface area contributed by atoms with E-state index in [1.807, 2.05) is 0 Å². The number of hydrogen-bond donors (Lipinski definition) is 2. The van der Waals surface area contributed by atoms with Gasteiger partial charge in [-0.2, -0.15) is 0 Å². The monoisotopic (exact) mass is 188 g/mol. The van der Waals surface area contributed by atoms with Crippen molar-refractivity contribution in [3.05, 3.63) is 0 Å². The lowest BCUT2D eigenvalue weighted by molar-refractivity contribution is -0.139. The smallest absolute Gasteiger partial charge is 0.305 e. The molecule has 0 saturated heterocycles. The third-order valence-corrected chi connectivity index (χ3v) is 2.05. The minimum atomic E-state index is -0.916. The fourth-order valence-corrected chi connectivity index (χ4v) is 1.29. The van der Waals surface area contributed by atoms with Gasteiger partial charge in [0.2, 0.25) is 0 Å². The molecule has 0 aromatic heterocycles. The van der Waals surface area contributed by atoms with Gasteiger partial charge in [-0.25, -0.2) is 0 Å². The van der Waals surface area contributed by atoms with Gasteiger partial charge in [-0.05, 0) is 6.42 Å². The zero-order valence-electron chi connectivity index (χ0n) is 8.33. The van der Waals surface area contributed by atoms with Gasteiger partial charge in [0, 0.05) is 0 Å². The second-order valence-corrected chi connectivity index (χ2v) is 3.45. The summed E-state index contributed by atoms with van der Waals surface area (Å²) >= 11 is 0. The van der Waals surface area contributed by atoms with E-state index in [1.54, 1.807) is 0 Å². The summed E-state index contributed by atoms with van der Waals surface area (Å²) in [6, 6.07) is 0. The van der Waals surface area contributed by atoms with Crippen LogP contribution in [-0.2, 0) is 4.79 Å². The molecule has 0 saturated carbocycles. The van der Waals surface area contributed by atoms with E-state index in [9.17, 15) is 9.90 Å². The molecular weight excluding hydrogens is 168 g/mol. The van der Waals surface area contributed by atoms with Crippen molar-refractivity contribution in [2.24, 2.45) is 0 Å². The molecule has 0 aliphatic rings. The second kappa shape index (κ2) is 8.05. The van der Waals surface area contributed by atoms with Crippen molar-refractivity contribution >= 4 is 5.97 Å². The van der Waals surface area contributed by atoms with Gasteiger partial charge in [-0.1, -0.05) is 39.0 Å². The second-order valence-electron chi connectivity index (χ2n) is 3.45. The molecule has 1 atom stereocenters. The number of aliphatic hydroxyl groups excluding tert-OH is 1. The highest BCUT2D eigenvalue weighted by atomic mass is 16.4. The van der Waals surface area contributed by atoms with Crippen LogP contribution in [0.25, 0.3) is 0 Å². The average Bonchev–Trinajstić information content (AvgIpc) is 2.02. The van der Waals surface area contributed by atoms with Crippen LogP contribution in [0.15, 0.2) is 0 Å². The molecule has 0 aliphatic heterocycles. The Morgan fingerprint density at radius 1 is 1.23 bits per heavy atom. The van der Waals surface area contributed by atoms with E-state index in [4.69, 9.17) is 5.11 Å². The number of rotatable bonds is 8. The quantitative estimate of drug-likeness (QED) is 0.574. The first-order valence-corrected chi connectivity index (χ1v) is 5.06. The number of aliphatic carboxylic acids is 1. The van der Waals surface area contributed by atoms with E-state index in [-0.39, 0.29) is 6.42 Å². The summed E-state index contributed by atoms with van der Waals surface area (Å²) in [5.41, 5.74) is 0. The highest BCUT2D eigenvalue weighted by molar-refractivity contribution is 5.67. The normalized spacial score (nSPS) is 12.8. The highest BCUT2D eigenvalue weighted by Gasteiger charge is 2.08. The maximum atomic E-state index is 10.2. The van der Waals surface area contributed by atoms with Crippen LogP contribution in [0.5, 0.6) is 0 Å². The SMILES string of the molecule is CCCCCCC[C@@H](O)CC(=O)O. The lowest BCUT2D eigenvalue weighted by atomic mass is 10.1. The lowest BCUT2D eigenvalue weighted by Crippen LogP contribution is -2.12. The predicted molar refractivity (Wildman–Crippen MR) is 51.6 cm³/mol. The average molecular weight is 188 g/mol. The summed E-state index contributed by atoms with van der Waals surface area (Å²) in [5.74, 6) is -0.916. The molecule has 2 N–H and O–H groups in total. The number of aliphatic hydroxyl groups is 1. The van der Waals surface area contributed by atoms with Gasteiger partial charge in [0.15, 0.2) is 0 Å². The largest absolute Gasteiger partial charge is 0.481 e. The third kappa shape index (κ3) is 9.34. The van der Waals surface area contributed by atoms with Crippen molar-refractivity contribution in [2.75, 3.05) is 0 Å². The molecule has 0 amide bonds. The molecule has 0 aromatic rings. The topological polar surface area (TPSA) is 57.5 Å². The maximum Gasteiger partial charge on any atom is 0.305 e. The molecule has 0 spiro atoms. The van der Waals surface area contributed by atoms with Crippen LogP contribution in [0, 0.1) is 0 Å². The minimum Gasteiger partial charge on any atom is -0.481 e. The zero-order valence-corrected chi connectivity index (χ0v) is 8.33. The van der Waals surface area contributed by atoms with E-state index in [2.05, 4.69) is 6.92 Å². The summed E-state index contributed by atoms with van der Waals surface area (Å²) in [5, 5.41) is 17.6. The number of carboxylic acids is 1. The van der Waals surface area contributed by atoms with Gasteiger partial charge in [0.05, 0.1) is 12.5 Å². The first-order chi connectivity index (χ1) is 6.16. The van der Waals surface area contributed by atoms with Crippen LogP contribution in [0.1, 0.15) is 51.9 Å². The van der Waals surface area contributed by atoms with E-state index in [0.717, 1.165) is 12.8 Å². The summed E-state index contributed by atoms with van der Waals surface area (Å²) in [4.78, 5) is 10.2. The molecule has 0 rings (SSSR count). The Kier molecular flexibility index (Phi) is 7.69. The van der Waals surface area contributed by atoms with Gasteiger partial charge in [0.1, 0.15) is 0 Å². The van der Waals surface area contributed by atoms with Gasteiger partial charge in [0.25, 0.3) is 0 Å². The molecule has 0 fully saturated rings. The zero-order chi connectivity index (χ0) is 10.1.